The van der Waals surface area contributed by atoms with Crippen molar-refractivity contribution in [2.24, 2.45) is 0 Å². The Morgan fingerprint density at radius 2 is 1.94 bits per heavy atom. The van der Waals surface area contributed by atoms with Crippen LogP contribution in [-0.4, -0.2) is 9.97 Å². The molecule has 17 heavy (non-hydrogen) atoms. The number of aromatic nitrogens is 2. The van der Waals surface area contributed by atoms with Crippen LogP contribution in [0.15, 0.2) is 35.5 Å². The van der Waals surface area contributed by atoms with E-state index >= 15 is 0 Å². The lowest BCUT2D eigenvalue weighted by Crippen LogP contribution is -1.94. The second kappa shape index (κ2) is 5.09. The van der Waals surface area contributed by atoms with Crippen LogP contribution >= 0.6 is 11.8 Å². The Kier molecular flexibility index (Phi) is 3.53. The highest BCUT2D eigenvalue weighted by Gasteiger charge is 2.04. The van der Waals surface area contributed by atoms with Crippen molar-refractivity contribution in [2.75, 3.05) is 5.73 Å². The van der Waals surface area contributed by atoms with E-state index in [1.165, 1.54) is 24.0 Å². The largest absolute Gasteiger partial charge is 0.382 e. The Hall–Kier alpha value is -1.69. The van der Waals surface area contributed by atoms with Crippen LogP contribution in [0.25, 0.3) is 0 Å². The van der Waals surface area contributed by atoms with Crippen LogP contribution in [0.1, 0.15) is 5.69 Å². The van der Waals surface area contributed by atoms with Gasteiger partial charge in [-0.15, -0.1) is 11.8 Å². The molecule has 0 aliphatic rings. The first-order valence-corrected chi connectivity index (χ1v) is 5.78. The van der Waals surface area contributed by atoms with Gasteiger partial charge in [0.05, 0.1) is 18.1 Å². The highest BCUT2D eigenvalue weighted by molar-refractivity contribution is 7.98. The maximum Gasteiger partial charge on any atom is 0.159 e. The van der Waals surface area contributed by atoms with Crippen LogP contribution in [0.2, 0.25) is 0 Å². The molecule has 0 spiro atoms. The molecular weight excluding hydrogens is 244 g/mol. The lowest BCUT2D eigenvalue weighted by molar-refractivity contribution is 0.506. The van der Waals surface area contributed by atoms with Gasteiger partial charge >= 0.3 is 0 Å². The molecule has 1 aromatic heterocycles. The first-order valence-electron chi connectivity index (χ1n) is 4.79. The summed E-state index contributed by atoms with van der Waals surface area (Å²) in [5, 5.41) is 0. The molecule has 0 unspecified atom stereocenters. The number of nitrogens with zero attached hydrogens (tertiary/aromatic N) is 2. The van der Waals surface area contributed by atoms with Gasteiger partial charge in [-0.3, -0.25) is 4.98 Å². The van der Waals surface area contributed by atoms with Crippen LogP contribution in [0.5, 0.6) is 0 Å². The molecule has 2 rings (SSSR count). The molecular formula is C11H9F2N3S. The monoisotopic (exact) mass is 253 g/mol. The minimum atomic E-state index is -0.849. The maximum absolute atomic E-state index is 12.9. The number of anilines is 1. The molecule has 88 valence electrons. The van der Waals surface area contributed by atoms with Gasteiger partial charge in [-0.1, -0.05) is 0 Å². The SMILES string of the molecule is Nc1cnc(CSc2ccc(F)c(F)c2)cn1. The second-order valence-corrected chi connectivity index (χ2v) is 4.35. The van der Waals surface area contributed by atoms with E-state index in [9.17, 15) is 8.78 Å². The van der Waals surface area contributed by atoms with Gasteiger partial charge in [0, 0.05) is 10.6 Å². The summed E-state index contributed by atoms with van der Waals surface area (Å²) >= 11 is 1.35. The number of rotatable bonds is 3. The summed E-state index contributed by atoms with van der Waals surface area (Å²) in [5.74, 6) is -0.815. The fraction of sp³-hybridized carbons (Fsp3) is 0.0909. The number of thioether (sulfide) groups is 1. The number of halogens is 2. The highest BCUT2D eigenvalue weighted by Crippen LogP contribution is 2.23. The van der Waals surface area contributed by atoms with Gasteiger partial charge in [-0.05, 0) is 18.2 Å². The number of hydrogen-bond acceptors (Lipinski definition) is 4. The molecule has 2 N–H and O–H groups in total. The van der Waals surface area contributed by atoms with E-state index in [1.807, 2.05) is 0 Å². The molecule has 6 heteroatoms. The number of nitrogen functional groups attached to an aromatic ring is 1. The Balaban J connectivity index is 2.02. The molecule has 2 aromatic rings. The van der Waals surface area contributed by atoms with E-state index in [0.29, 0.717) is 16.5 Å². The van der Waals surface area contributed by atoms with Crippen molar-refractivity contribution in [3.05, 3.63) is 47.9 Å². The first-order chi connectivity index (χ1) is 8.15. The summed E-state index contributed by atoms with van der Waals surface area (Å²) in [6, 6.07) is 3.78. The molecule has 0 aliphatic heterocycles. The van der Waals surface area contributed by atoms with Gasteiger partial charge in [-0.25, -0.2) is 13.8 Å². The number of hydrogen-bond donors (Lipinski definition) is 1. The Morgan fingerprint density at radius 3 is 2.59 bits per heavy atom. The standard InChI is InChI=1S/C11H9F2N3S/c12-9-2-1-8(3-10(9)13)17-6-7-4-16-11(14)5-15-7/h1-5H,6H2,(H2,14,16). The average molecular weight is 253 g/mol. The Labute approximate surface area is 101 Å². The molecule has 0 amide bonds. The van der Waals surface area contributed by atoms with Crippen molar-refractivity contribution >= 4 is 17.6 Å². The normalized spacial score (nSPS) is 10.5. The van der Waals surface area contributed by atoms with Gasteiger partial charge in [0.1, 0.15) is 5.82 Å². The average Bonchev–Trinajstić information content (AvgIpc) is 2.33. The van der Waals surface area contributed by atoms with Crippen LogP contribution in [0.3, 0.4) is 0 Å². The maximum atomic E-state index is 12.9. The Morgan fingerprint density at radius 1 is 1.12 bits per heavy atom. The first kappa shape index (κ1) is 11.8. The van der Waals surface area contributed by atoms with E-state index in [1.54, 1.807) is 6.20 Å². The minimum Gasteiger partial charge on any atom is -0.382 e. The summed E-state index contributed by atoms with van der Waals surface area (Å²) in [6.45, 7) is 0. The van der Waals surface area contributed by atoms with Crippen LogP contribution in [0.4, 0.5) is 14.6 Å². The lowest BCUT2D eigenvalue weighted by Gasteiger charge is -2.02. The zero-order valence-electron chi connectivity index (χ0n) is 8.73. The smallest absolute Gasteiger partial charge is 0.159 e. The summed E-state index contributed by atoms with van der Waals surface area (Å²) < 4.78 is 25.6. The molecule has 1 heterocycles. The van der Waals surface area contributed by atoms with Crippen molar-refractivity contribution in [1.82, 2.24) is 9.97 Å². The summed E-state index contributed by atoms with van der Waals surface area (Å²) in [7, 11) is 0. The van der Waals surface area contributed by atoms with Crippen LogP contribution < -0.4 is 5.73 Å². The molecule has 0 aliphatic carbocycles. The van der Waals surface area contributed by atoms with Crippen molar-refractivity contribution in [3.63, 3.8) is 0 Å². The third-order valence-corrected chi connectivity index (χ3v) is 3.03. The van der Waals surface area contributed by atoms with E-state index in [-0.39, 0.29) is 0 Å². The van der Waals surface area contributed by atoms with Gasteiger partial charge in [0.2, 0.25) is 0 Å². The van der Waals surface area contributed by atoms with E-state index in [2.05, 4.69) is 9.97 Å². The number of benzene rings is 1. The summed E-state index contributed by atoms with van der Waals surface area (Å²) in [4.78, 5) is 8.59. The predicted octanol–water partition coefficient (Wildman–Crippen LogP) is 2.63. The lowest BCUT2D eigenvalue weighted by atomic mass is 10.3. The van der Waals surface area contributed by atoms with Gasteiger partial charge in [0.25, 0.3) is 0 Å². The van der Waals surface area contributed by atoms with E-state index < -0.39 is 11.6 Å². The summed E-state index contributed by atoms with van der Waals surface area (Å²) in [5.41, 5.74) is 6.13. The minimum absolute atomic E-state index is 0.353. The third kappa shape index (κ3) is 3.13. The topological polar surface area (TPSA) is 51.8 Å². The van der Waals surface area contributed by atoms with Crippen molar-refractivity contribution in [2.45, 2.75) is 10.6 Å². The number of nitrogens with two attached hydrogens (primary N) is 1. The molecule has 0 radical (unpaired) electrons. The second-order valence-electron chi connectivity index (χ2n) is 3.30. The zero-order chi connectivity index (χ0) is 12.3. The quantitative estimate of drug-likeness (QED) is 0.854. The van der Waals surface area contributed by atoms with Crippen molar-refractivity contribution in [1.29, 1.82) is 0 Å². The molecule has 1 aromatic carbocycles. The van der Waals surface area contributed by atoms with E-state index in [0.717, 1.165) is 17.8 Å². The van der Waals surface area contributed by atoms with E-state index in [4.69, 9.17) is 5.73 Å². The van der Waals surface area contributed by atoms with Gasteiger partial charge < -0.3 is 5.73 Å². The molecule has 0 atom stereocenters. The van der Waals surface area contributed by atoms with Gasteiger partial charge in [-0.2, -0.15) is 0 Å². The fourth-order valence-corrected chi connectivity index (χ4v) is 1.98. The molecule has 0 saturated heterocycles. The predicted molar refractivity (Wildman–Crippen MR) is 62.4 cm³/mol. The van der Waals surface area contributed by atoms with Crippen LogP contribution in [0, 0.1) is 11.6 Å². The summed E-state index contributed by atoms with van der Waals surface area (Å²) in [6.07, 6.45) is 3.02. The van der Waals surface area contributed by atoms with Crippen molar-refractivity contribution in [3.8, 4) is 0 Å². The van der Waals surface area contributed by atoms with Crippen molar-refractivity contribution < 1.29 is 8.78 Å². The molecule has 3 nitrogen and oxygen atoms in total. The molecule has 0 saturated carbocycles. The Bertz CT molecular complexity index is 517. The molecule has 0 bridgehead atoms. The zero-order valence-corrected chi connectivity index (χ0v) is 9.55. The fourth-order valence-electron chi connectivity index (χ4n) is 1.16. The third-order valence-electron chi connectivity index (χ3n) is 2.00. The van der Waals surface area contributed by atoms with Gasteiger partial charge in [0.15, 0.2) is 11.6 Å². The van der Waals surface area contributed by atoms with Crippen LogP contribution in [-0.2, 0) is 5.75 Å². The highest BCUT2D eigenvalue weighted by atomic mass is 32.2. The molecule has 0 fully saturated rings.